The zero-order valence-electron chi connectivity index (χ0n) is 16.0. The van der Waals surface area contributed by atoms with Gasteiger partial charge in [-0.2, -0.15) is 0 Å². The molecule has 2 aromatic carbocycles. The van der Waals surface area contributed by atoms with Gasteiger partial charge in [-0.15, -0.1) is 0 Å². The molecule has 1 amide bonds. The molecule has 2 heterocycles. The third-order valence-electron chi connectivity index (χ3n) is 4.99. The van der Waals surface area contributed by atoms with Crippen molar-refractivity contribution < 1.29 is 9.53 Å². The first-order valence-corrected chi connectivity index (χ1v) is 9.60. The van der Waals surface area contributed by atoms with E-state index in [9.17, 15) is 4.79 Å². The van der Waals surface area contributed by atoms with Crippen LogP contribution < -0.4 is 9.64 Å². The van der Waals surface area contributed by atoms with Gasteiger partial charge in [0.2, 0.25) is 0 Å². The Morgan fingerprint density at radius 1 is 1.04 bits per heavy atom. The topological polar surface area (TPSA) is 50.6 Å². The van der Waals surface area contributed by atoms with Crippen molar-refractivity contribution in [3.63, 3.8) is 0 Å². The first-order valence-electron chi connectivity index (χ1n) is 9.60. The van der Waals surface area contributed by atoms with Crippen molar-refractivity contribution >= 4 is 11.6 Å². The number of para-hydroxylation sites is 2. The Bertz CT molecular complexity index is 914. The number of carbonyl (C=O) groups excluding carboxylic acids is 1. The van der Waals surface area contributed by atoms with Gasteiger partial charge in [-0.3, -0.25) is 4.79 Å². The van der Waals surface area contributed by atoms with Crippen LogP contribution in [0.4, 0.5) is 5.69 Å². The summed E-state index contributed by atoms with van der Waals surface area (Å²) in [7, 11) is 0. The van der Waals surface area contributed by atoms with E-state index in [4.69, 9.17) is 4.74 Å². The van der Waals surface area contributed by atoms with Crippen LogP contribution in [0.3, 0.4) is 0 Å². The van der Waals surface area contributed by atoms with E-state index in [1.807, 2.05) is 65.1 Å². The lowest BCUT2D eigenvalue weighted by Crippen LogP contribution is -2.48. The number of ether oxygens (including phenoxy) is 1. The lowest BCUT2D eigenvalue weighted by atomic mass is 10.1. The van der Waals surface area contributed by atoms with Crippen LogP contribution in [0.1, 0.15) is 17.3 Å². The molecule has 1 fully saturated rings. The number of nitrogens with zero attached hydrogens (tertiary/aromatic N) is 4. The van der Waals surface area contributed by atoms with Gasteiger partial charge < -0.3 is 19.1 Å². The molecule has 6 heteroatoms. The van der Waals surface area contributed by atoms with E-state index in [2.05, 4.69) is 16.0 Å². The highest BCUT2D eigenvalue weighted by molar-refractivity contribution is 5.94. The lowest BCUT2D eigenvalue weighted by molar-refractivity contribution is 0.0746. The summed E-state index contributed by atoms with van der Waals surface area (Å²) >= 11 is 0. The van der Waals surface area contributed by atoms with Crippen LogP contribution in [0.15, 0.2) is 67.3 Å². The Kier molecular flexibility index (Phi) is 5.28. The van der Waals surface area contributed by atoms with Crippen LogP contribution in [0.2, 0.25) is 0 Å². The minimum absolute atomic E-state index is 0.0786. The number of amides is 1. The van der Waals surface area contributed by atoms with Crippen LogP contribution in [0.5, 0.6) is 5.75 Å². The minimum Gasteiger partial charge on any atom is -0.492 e. The minimum atomic E-state index is 0.0786. The van der Waals surface area contributed by atoms with Gasteiger partial charge in [0.25, 0.3) is 5.91 Å². The van der Waals surface area contributed by atoms with Crippen molar-refractivity contribution in [3.8, 4) is 11.4 Å². The molecule has 1 aromatic heterocycles. The number of hydrogen-bond acceptors (Lipinski definition) is 4. The molecule has 0 unspecified atom stereocenters. The van der Waals surface area contributed by atoms with Gasteiger partial charge in [0.1, 0.15) is 5.75 Å². The SMILES string of the molecule is CCOc1ccccc1N1CCN(C(=O)c2ccc(-n3ccnc3)cc2)CC1. The summed E-state index contributed by atoms with van der Waals surface area (Å²) in [5.41, 5.74) is 2.81. The van der Waals surface area contributed by atoms with Gasteiger partial charge in [0.15, 0.2) is 0 Å². The van der Waals surface area contributed by atoms with E-state index in [1.54, 1.807) is 12.5 Å². The molecule has 0 spiro atoms. The molecule has 1 saturated heterocycles. The van der Waals surface area contributed by atoms with Gasteiger partial charge in [-0.25, -0.2) is 4.98 Å². The second kappa shape index (κ2) is 8.17. The largest absolute Gasteiger partial charge is 0.492 e. The monoisotopic (exact) mass is 376 g/mol. The maximum absolute atomic E-state index is 12.9. The van der Waals surface area contributed by atoms with Crippen molar-refractivity contribution in [2.24, 2.45) is 0 Å². The highest BCUT2D eigenvalue weighted by Gasteiger charge is 2.23. The summed E-state index contributed by atoms with van der Waals surface area (Å²) in [6.45, 7) is 5.62. The number of hydrogen-bond donors (Lipinski definition) is 0. The van der Waals surface area contributed by atoms with E-state index in [0.29, 0.717) is 25.3 Å². The molecule has 0 N–H and O–H groups in total. The number of piperazine rings is 1. The Morgan fingerprint density at radius 3 is 2.46 bits per heavy atom. The molecule has 28 heavy (non-hydrogen) atoms. The van der Waals surface area contributed by atoms with E-state index >= 15 is 0 Å². The summed E-state index contributed by atoms with van der Waals surface area (Å²) in [5, 5.41) is 0. The fraction of sp³-hybridized carbons (Fsp3) is 0.273. The van der Waals surface area contributed by atoms with Crippen molar-refractivity contribution in [1.29, 1.82) is 0 Å². The van der Waals surface area contributed by atoms with Crippen LogP contribution in [0.25, 0.3) is 5.69 Å². The van der Waals surface area contributed by atoms with Crippen molar-refractivity contribution in [2.45, 2.75) is 6.92 Å². The average Bonchev–Trinajstić information content (AvgIpc) is 3.29. The number of benzene rings is 2. The van der Waals surface area contributed by atoms with E-state index < -0.39 is 0 Å². The Balaban J connectivity index is 1.40. The molecule has 1 aliphatic rings. The maximum atomic E-state index is 12.9. The number of rotatable bonds is 5. The third kappa shape index (κ3) is 3.71. The first kappa shape index (κ1) is 18.1. The molecule has 4 rings (SSSR count). The maximum Gasteiger partial charge on any atom is 0.253 e. The van der Waals surface area contributed by atoms with Gasteiger partial charge in [-0.05, 0) is 43.3 Å². The lowest BCUT2D eigenvalue weighted by Gasteiger charge is -2.36. The molecule has 3 aromatic rings. The van der Waals surface area contributed by atoms with Crippen molar-refractivity contribution in [3.05, 3.63) is 72.8 Å². The summed E-state index contributed by atoms with van der Waals surface area (Å²) < 4.78 is 7.67. The van der Waals surface area contributed by atoms with Crippen LogP contribution in [-0.2, 0) is 0 Å². The average molecular weight is 376 g/mol. The molecule has 0 aliphatic carbocycles. The Hall–Kier alpha value is -3.28. The highest BCUT2D eigenvalue weighted by atomic mass is 16.5. The summed E-state index contributed by atoms with van der Waals surface area (Å²) in [4.78, 5) is 21.1. The molecule has 0 radical (unpaired) electrons. The van der Waals surface area contributed by atoms with Gasteiger partial charge in [0, 0.05) is 49.8 Å². The fourth-order valence-electron chi connectivity index (χ4n) is 3.52. The van der Waals surface area contributed by atoms with Gasteiger partial charge in [-0.1, -0.05) is 12.1 Å². The quantitative estimate of drug-likeness (QED) is 0.686. The zero-order chi connectivity index (χ0) is 19.3. The molecular weight excluding hydrogens is 352 g/mol. The van der Waals surface area contributed by atoms with Gasteiger partial charge in [0.05, 0.1) is 18.6 Å². The summed E-state index contributed by atoms with van der Waals surface area (Å²) in [6.07, 6.45) is 5.37. The predicted octanol–water partition coefficient (Wildman–Crippen LogP) is 3.23. The molecule has 0 bridgehead atoms. The molecule has 0 atom stereocenters. The predicted molar refractivity (Wildman–Crippen MR) is 109 cm³/mol. The third-order valence-corrected chi connectivity index (χ3v) is 4.99. The second-order valence-corrected chi connectivity index (χ2v) is 6.70. The second-order valence-electron chi connectivity index (χ2n) is 6.70. The van der Waals surface area contributed by atoms with E-state index in [0.717, 1.165) is 30.2 Å². The summed E-state index contributed by atoms with van der Waals surface area (Å²) in [6, 6.07) is 15.8. The smallest absolute Gasteiger partial charge is 0.253 e. The number of aromatic nitrogens is 2. The van der Waals surface area contributed by atoms with Crippen molar-refractivity contribution in [1.82, 2.24) is 14.5 Å². The fourth-order valence-corrected chi connectivity index (χ4v) is 3.52. The summed E-state index contributed by atoms with van der Waals surface area (Å²) in [5.74, 6) is 0.981. The Morgan fingerprint density at radius 2 is 1.79 bits per heavy atom. The molecule has 144 valence electrons. The van der Waals surface area contributed by atoms with Crippen LogP contribution >= 0.6 is 0 Å². The first-order chi connectivity index (χ1) is 13.8. The number of carbonyl (C=O) groups is 1. The molecular formula is C22H24N4O2. The highest BCUT2D eigenvalue weighted by Crippen LogP contribution is 2.29. The van der Waals surface area contributed by atoms with E-state index in [1.165, 1.54) is 0 Å². The van der Waals surface area contributed by atoms with E-state index in [-0.39, 0.29) is 5.91 Å². The number of anilines is 1. The molecule has 6 nitrogen and oxygen atoms in total. The Labute approximate surface area is 165 Å². The van der Waals surface area contributed by atoms with Crippen LogP contribution in [-0.4, -0.2) is 53.1 Å². The molecule has 0 saturated carbocycles. The van der Waals surface area contributed by atoms with Crippen molar-refractivity contribution in [2.75, 3.05) is 37.7 Å². The number of imidazole rings is 1. The molecule has 1 aliphatic heterocycles. The zero-order valence-corrected chi connectivity index (χ0v) is 16.0. The normalized spacial score (nSPS) is 14.2. The van der Waals surface area contributed by atoms with Gasteiger partial charge >= 0.3 is 0 Å². The van der Waals surface area contributed by atoms with Crippen LogP contribution in [0, 0.1) is 0 Å². The standard InChI is InChI=1S/C22H24N4O2/c1-2-28-21-6-4-3-5-20(21)24-13-15-25(16-14-24)22(27)18-7-9-19(10-8-18)26-12-11-23-17-26/h3-12,17H,2,13-16H2,1H3.